The molecule has 0 aliphatic rings. The van der Waals surface area contributed by atoms with E-state index in [1.54, 1.807) is 6.07 Å². The van der Waals surface area contributed by atoms with Crippen LogP contribution in [0.25, 0.3) is 0 Å². The predicted octanol–water partition coefficient (Wildman–Crippen LogP) is 3.02. The number of nitrogens with zero attached hydrogens (tertiary/aromatic N) is 3. The van der Waals surface area contributed by atoms with Crippen LogP contribution in [0.4, 0.5) is 5.82 Å². The van der Waals surface area contributed by atoms with Crippen LogP contribution in [-0.2, 0) is 6.42 Å². The Kier molecular flexibility index (Phi) is 4.52. The van der Waals surface area contributed by atoms with Crippen LogP contribution in [0, 0.1) is 11.3 Å². The molecule has 0 saturated heterocycles. The Labute approximate surface area is 114 Å². The van der Waals surface area contributed by atoms with E-state index in [0.29, 0.717) is 5.69 Å². The zero-order valence-corrected chi connectivity index (χ0v) is 11.1. The molecule has 1 heterocycles. The lowest BCUT2D eigenvalue weighted by Crippen LogP contribution is -2.26. The molecule has 0 N–H and O–H groups in total. The van der Waals surface area contributed by atoms with Gasteiger partial charge in [-0.15, -0.1) is 0 Å². The summed E-state index contributed by atoms with van der Waals surface area (Å²) in [6, 6.07) is 18.0. The van der Waals surface area contributed by atoms with Gasteiger partial charge in [0.05, 0.1) is 0 Å². The van der Waals surface area contributed by atoms with Gasteiger partial charge in [0.15, 0.2) is 0 Å². The molecule has 0 saturated carbocycles. The van der Waals surface area contributed by atoms with Crippen LogP contribution in [0.2, 0.25) is 0 Å². The largest absolute Gasteiger partial charge is 0.357 e. The van der Waals surface area contributed by atoms with Crippen LogP contribution >= 0.6 is 0 Å². The first-order valence-electron chi connectivity index (χ1n) is 6.49. The van der Waals surface area contributed by atoms with Gasteiger partial charge in [0, 0.05) is 13.1 Å². The lowest BCUT2D eigenvalue weighted by Gasteiger charge is -2.22. The Morgan fingerprint density at radius 2 is 1.89 bits per heavy atom. The number of benzene rings is 1. The van der Waals surface area contributed by atoms with Gasteiger partial charge in [-0.2, -0.15) is 5.26 Å². The molecule has 3 heteroatoms. The second-order valence-electron chi connectivity index (χ2n) is 4.31. The number of nitriles is 1. The lowest BCUT2D eigenvalue weighted by atomic mass is 10.1. The highest BCUT2D eigenvalue weighted by Gasteiger charge is 2.06. The normalized spacial score (nSPS) is 9.89. The van der Waals surface area contributed by atoms with Gasteiger partial charge in [-0.05, 0) is 31.0 Å². The van der Waals surface area contributed by atoms with Crippen LogP contribution < -0.4 is 4.90 Å². The zero-order valence-electron chi connectivity index (χ0n) is 11.1. The lowest BCUT2D eigenvalue weighted by molar-refractivity contribution is 0.793. The Morgan fingerprint density at radius 1 is 1.11 bits per heavy atom. The minimum Gasteiger partial charge on any atom is -0.357 e. The summed E-state index contributed by atoms with van der Waals surface area (Å²) in [4.78, 5) is 6.53. The van der Waals surface area contributed by atoms with E-state index in [2.05, 4.69) is 47.1 Å². The molecule has 0 fully saturated rings. The standard InChI is InChI=1S/C16H17N3/c1-2-19(12-11-14-7-4-3-5-8-14)16-10-6-9-15(13-17)18-16/h3-10H,2,11-12H2,1H3. The summed E-state index contributed by atoms with van der Waals surface area (Å²) >= 11 is 0. The first-order chi connectivity index (χ1) is 9.33. The minimum atomic E-state index is 0.468. The van der Waals surface area contributed by atoms with Crippen molar-refractivity contribution in [2.75, 3.05) is 18.0 Å². The van der Waals surface area contributed by atoms with Gasteiger partial charge >= 0.3 is 0 Å². The minimum absolute atomic E-state index is 0.468. The van der Waals surface area contributed by atoms with E-state index in [-0.39, 0.29) is 0 Å². The number of pyridine rings is 1. The van der Waals surface area contributed by atoms with Gasteiger partial charge in [0.1, 0.15) is 17.6 Å². The Bertz CT molecular complexity index is 558. The van der Waals surface area contributed by atoms with E-state index >= 15 is 0 Å². The van der Waals surface area contributed by atoms with Gasteiger partial charge in [0.2, 0.25) is 0 Å². The van der Waals surface area contributed by atoms with Crippen molar-refractivity contribution in [2.24, 2.45) is 0 Å². The Hall–Kier alpha value is -2.34. The van der Waals surface area contributed by atoms with Crippen LogP contribution in [0.1, 0.15) is 18.2 Å². The van der Waals surface area contributed by atoms with Gasteiger partial charge < -0.3 is 4.90 Å². The summed E-state index contributed by atoms with van der Waals surface area (Å²) in [5.41, 5.74) is 1.79. The van der Waals surface area contributed by atoms with E-state index in [0.717, 1.165) is 25.3 Å². The molecule has 0 radical (unpaired) electrons. The fraction of sp³-hybridized carbons (Fsp3) is 0.250. The van der Waals surface area contributed by atoms with Crippen LogP contribution in [0.15, 0.2) is 48.5 Å². The molecule has 0 aliphatic heterocycles. The van der Waals surface area contributed by atoms with E-state index in [1.165, 1.54) is 5.56 Å². The highest BCUT2D eigenvalue weighted by atomic mass is 15.2. The molecule has 0 amide bonds. The molecule has 0 bridgehead atoms. The summed E-state index contributed by atoms with van der Waals surface area (Å²) in [7, 11) is 0. The molecule has 0 atom stereocenters. The quantitative estimate of drug-likeness (QED) is 0.820. The molecular weight excluding hydrogens is 234 g/mol. The number of hydrogen-bond donors (Lipinski definition) is 0. The molecule has 96 valence electrons. The summed E-state index contributed by atoms with van der Waals surface area (Å²) in [5.74, 6) is 0.873. The van der Waals surface area contributed by atoms with Crippen LogP contribution in [-0.4, -0.2) is 18.1 Å². The number of likely N-dealkylation sites (N-methyl/N-ethyl adjacent to an activating group) is 1. The first-order valence-corrected chi connectivity index (χ1v) is 6.49. The fourth-order valence-corrected chi connectivity index (χ4v) is 2.01. The third-order valence-electron chi connectivity index (χ3n) is 3.07. The highest BCUT2D eigenvalue weighted by Crippen LogP contribution is 2.12. The molecule has 0 spiro atoms. The Morgan fingerprint density at radius 3 is 2.58 bits per heavy atom. The number of hydrogen-bond acceptors (Lipinski definition) is 3. The van der Waals surface area contributed by atoms with E-state index in [4.69, 9.17) is 5.26 Å². The van der Waals surface area contributed by atoms with Crippen molar-refractivity contribution < 1.29 is 0 Å². The molecule has 2 rings (SSSR count). The van der Waals surface area contributed by atoms with Crippen molar-refractivity contribution >= 4 is 5.82 Å². The second-order valence-corrected chi connectivity index (χ2v) is 4.31. The smallest absolute Gasteiger partial charge is 0.142 e. The molecular formula is C16H17N3. The van der Waals surface area contributed by atoms with Crippen molar-refractivity contribution in [3.05, 3.63) is 59.8 Å². The van der Waals surface area contributed by atoms with Crippen molar-refractivity contribution in [1.29, 1.82) is 5.26 Å². The molecule has 1 aromatic carbocycles. The molecule has 19 heavy (non-hydrogen) atoms. The maximum Gasteiger partial charge on any atom is 0.142 e. The van der Waals surface area contributed by atoms with Crippen molar-refractivity contribution in [1.82, 2.24) is 4.98 Å². The van der Waals surface area contributed by atoms with Crippen molar-refractivity contribution in [2.45, 2.75) is 13.3 Å². The SMILES string of the molecule is CCN(CCc1ccccc1)c1cccc(C#N)n1. The number of anilines is 1. The monoisotopic (exact) mass is 251 g/mol. The van der Waals surface area contributed by atoms with Crippen LogP contribution in [0.5, 0.6) is 0 Å². The van der Waals surface area contributed by atoms with Gasteiger partial charge in [-0.25, -0.2) is 4.98 Å². The summed E-state index contributed by atoms with van der Waals surface area (Å²) in [6.45, 7) is 3.89. The maximum absolute atomic E-state index is 8.89. The molecule has 0 aliphatic carbocycles. The first kappa shape index (κ1) is 13.1. The van der Waals surface area contributed by atoms with E-state index in [1.807, 2.05) is 18.2 Å². The zero-order chi connectivity index (χ0) is 13.5. The molecule has 3 nitrogen and oxygen atoms in total. The predicted molar refractivity (Wildman–Crippen MR) is 77.0 cm³/mol. The Balaban J connectivity index is 2.06. The topological polar surface area (TPSA) is 39.9 Å². The third-order valence-corrected chi connectivity index (χ3v) is 3.07. The third kappa shape index (κ3) is 3.56. The molecule has 1 aromatic heterocycles. The van der Waals surface area contributed by atoms with E-state index in [9.17, 15) is 0 Å². The number of rotatable bonds is 5. The maximum atomic E-state index is 8.89. The fourth-order valence-electron chi connectivity index (χ4n) is 2.01. The van der Waals surface area contributed by atoms with Gasteiger partial charge in [0.25, 0.3) is 0 Å². The average Bonchev–Trinajstić information content (AvgIpc) is 2.49. The average molecular weight is 251 g/mol. The number of aromatic nitrogens is 1. The van der Waals surface area contributed by atoms with Crippen molar-refractivity contribution in [3.63, 3.8) is 0 Å². The summed E-state index contributed by atoms with van der Waals surface area (Å²) < 4.78 is 0. The molecule has 2 aromatic rings. The van der Waals surface area contributed by atoms with Gasteiger partial charge in [-0.1, -0.05) is 36.4 Å². The summed E-state index contributed by atoms with van der Waals surface area (Å²) in [5, 5.41) is 8.89. The van der Waals surface area contributed by atoms with E-state index < -0.39 is 0 Å². The van der Waals surface area contributed by atoms with Crippen molar-refractivity contribution in [3.8, 4) is 6.07 Å². The second kappa shape index (κ2) is 6.55. The van der Waals surface area contributed by atoms with Gasteiger partial charge in [-0.3, -0.25) is 0 Å². The summed E-state index contributed by atoms with van der Waals surface area (Å²) in [6.07, 6.45) is 0.979. The molecule has 0 unspecified atom stereocenters. The highest BCUT2D eigenvalue weighted by molar-refractivity contribution is 5.41. The van der Waals surface area contributed by atoms with Crippen LogP contribution in [0.3, 0.4) is 0 Å².